The highest BCUT2D eigenvalue weighted by Crippen LogP contribution is 2.20. The van der Waals surface area contributed by atoms with E-state index in [0.717, 1.165) is 0 Å². The van der Waals surface area contributed by atoms with E-state index >= 15 is 0 Å². The summed E-state index contributed by atoms with van der Waals surface area (Å²) in [4.78, 5) is 9.90. The van der Waals surface area contributed by atoms with Crippen molar-refractivity contribution in [2.75, 3.05) is 0 Å². The van der Waals surface area contributed by atoms with Gasteiger partial charge < -0.3 is 0 Å². The molecule has 3 nitrogen and oxygen atoms in total. The average Bonchev–Trinajstić information content (AvgIpc) is 2.03. The van der Waals surface area contributed by atoms with Gasteiger partial charge in [0.15, 0.2) is 0 Å². The zero-order valence-corrected chi connectivity index (χ0v) is 7.43. The summed E-state index contributed by atoms with van der Waals surface area (Å²) in [5.74, 6) is 0. The molecule has 0 saturated carbocycles. The lowest BCUT2D eigenvalue weighted by Crippen LogP contribution is -1.92. The Labute approximate surface area is 79.1 Å². The van der Waals surface area contributed by atoms with Crippen LogP contribution in [0.5, 0.6) is 0 Å². The van der Waals surface area contributed by atoms with Crippen LogP contribution >= 0.6 is 23.8 Å². The van der Waals surface area contributed by atoms with Gasteiger partial charge >= 0.3 is 0 Å². The molecule has 0 amide bonds. The summed E-state index contributed by atoms with van der Waals surface area (Å²) in [6.07, 6.45) is 0. The highest BCUT2D eigenvalue weighted by Gasteiger charge is 2.10. The number of nitro benzene ring substituents is 1. The van der Waals surface area contributed by atoms with Gasteiger partial charge in [-0.2, -0.15) is 0 Å². The predicted molar refractivity (Wildman–Crippen MR) is 50.9 cm³/mol. The monoisotopic (exact) mass is 201 g/mol. The molecular formula is C7H4ClNO2S. The third kappa shape index (κ3) is 1.78. The van der Waals surface area contributed by atoms with Crippen LogP contribution in [0.1, 0.15) is 5.56 Å². The summed E-state index contributed by atoms with van der Waals surface area (Å²) < 4.78 is 0. The normalized spacial score (nSPS) is 9.42. The van der Waals surface area contributed by atoms with Crippen LogP contribution in [-0.2, 0) is 0 Å². The number of benzene rings is 1. The van der Waals surface area contributed by atoms with Crippen molar-refractivity contribution in [3.05, 3.63) is 38.9 Å². The van der Waals surface area contributed by atoms with Crippen molar-refractivity contribution in [2.24, 2.45) is 0 Å². The second kappa shape index (κ2) is 3.60. The Morgan fingerprint density at radius 2 is 2.25 bits per heavy atom. The lowest BCUT2D eigenvalue weighted by atomic mass is 10.2. The standard InChI is InChI=1S/C7H4ClNO2S/c8-6-1-2-7(9(10)11)5(3-6)4-12/h1-4H. The molecule has 0 heterocycles. The largest absolute Gasteiger partial charge is 0.277 e. The first-order valence-electron chi connectivity index (χ1n) is 3.04. The molecule has 0 bridgehead atoms. The average molecular weight is 202 g/mol. The lowest BCUT2D eigenvalue weighted by Gasteiger charge is -1.95. The second-order valence-electron chi connectivity index (χ2n) is 2.08. The Morgan fingerprint density at radius 3 is 2.75 bits per heavy atom. The molecule has 62 valence electrons. The van der Waals surface area contributed by atoms with E-state index in [9.17, 15) is 10.1 Å². The van der Waals surface area contributed by atoms with Gasteiger partial charge in [-0.3, -0.25) is 10.1 Å². The van der Waals surface area contributed by atoms with Crippen molar-refractivity contribution < 1.29 is 4.92 Å². The smallest absolute Gasteiger partial charge is 0.258 e. The third-order valence-electron chi connectivity index (χ3n) is 1.31. The molecule has 0 aliphatic heterocycles. The first-order chi connectivity index (χ1) is 5.65. The van der Waals surface area contributed by atoms with Crippen LogP contribution in [0.25, 0.3) is 0 Å². The number of hydrogen-bond donors (Lipinski definition) is 0. The molecule has 0 atom stereocenters. The molecular weight excluding hydrogens is 198 g/mol. The first kappa shape index (κ1) is 9.09. The van der Waals surface area contributed by atoms with Gasteiger partial charge in [-0.05, 0) is 12.1 Å². The van der Waals surface area contributed by atoms with E-state index in [1.165, 1.54) is 23.6 Å². The molecule has 1 rings (SSSR count). The van der Waals surface area contributed by atoms with Crippen molar-refractivity contribution in [3.63, 3.8) is 0 Å². The Morgan fingerprint density at radius 1 is 1.58 bits per heavy atom. The number of nitrogens with zero attached hydrogens (tertiary/aromatic N) is 1. The third-order valence-corrected chi connectivity index (χ3v) is 1.80. The van der Waals surface area contributed by atoms with Crippen molar-refractivity contribution in [3.8, 4) is 0 Å². The Balaban J connectivity index is 3.29. The van der Waals surface area contributed by atoms with Crippen molar-refractivity contribution in [1.82, 2.24) is 0 Å². The maximum Gasteiger partial charge on any atom is 0.277 e. The molecule has 12 heavy (non-hydrogen) atoms. The van der Waals surface area contributed by atoms with Gasteiger partial charge in [-0.1, -0.05) is 23.8 Å². The van der Waals surface area contributed by atoms with Crippen LogP contribution in [0.4, 0.5) is 5.69 Å². The topological polar surface area (TPSA) is 43.1 Å². The maximum absolute atomic E-state index is 10.4. The van der Waals surface area contributed by atoms with Gasteiger partial charge in [-0.25, -0.2) is 0 Å². The van der Waals surface area contributed by atoms with E-state index in [-0.39, 0.29) is 5.69 Å². The number of nitro groups is 1. The van der Waals surface area contributed by atoms with E-state index in [1.54, 1.807) is 0 Å². The fourth-order valence-electron chi connectivity index (χ4n) is 0.786. The second-order valence-corrected chi connectivity index (χ2v) is 2.75. The fourth-order valence-corrected chi connectivity index (χ4v) is 1.16. The van der Waals surface area contributed by atoms with Gasteiger partial charge in [0.1, 0.15) is 0 Å². The van der Waals surface area contributed by atoms with Crippen LogP contribution < -0.4 is 0 Å². The summed E-state index contributed by atoms with van der Waals surface area (Å²) in [6, 6.07) is 4.26. The summed E-state index contributed by atoms with van der Waals surface area (Å²) in [5.41, 5.74) is 0.344. The summed E-state index contributed by atoms with van der Waals surface area (Å²) in [5, 5.41) is 12.1. The summed E-state index contributed by atoms with van der Waals surface area (Å²) in [6.45, 7) is 0. The molecule has 0 aliphatic rings. The van der Waals surface area contributed by atoms with Gasteiger partial charge in [-0.15, -0.1) is 0 Å². The summed E-state index contributed by atoms with van der Waals surface area (Å²) >= 11 is 10.2. The number of thiocarbonyl (C=S) groups is 1. The maximum atomic E-state index is 10.4. The van der Waals surface area contributed by atoms with Crippen LogP contribution in [0.3, 0.4) is 0 Å². The van der Waals surface area contributed by atoms with Crippen LogP contribution in [0.2, 0.25) is 5.02 Å². The van der Waals surface area contributed by atoms with Gasteiger partial charge in [0.2, 0.25) is 0 Å². The van der Waals surface area contributed by atoms with E-state index < -0.39 is 4.92 Å². The van der Waals surface area contributed by atoms with Crippen molar-refractivity contribution in [2.45, 2.75) is 0 Å². The summed E-state index contributed by atoms with van der Waals surface area (Å²) in [7, 11) is 0. The van der Waals surface area contributed by atoms with Crippen LogP contribution in [0, 0.1) is 10.1 Å². The van der Waals surface area contributed by atoms with Crippen molar-refractivity contribution in [1.29, 1.82) is 0 Å². The molecule has 0 fully saturated rings. The fraction of sp³-hybridized carbons (Fsp3) is 0. The predicted octanol–water partition coefficient (Wildman–Crippen LogP) is 2.60. The van der Waals surface area contributed by atoms with Crippen LogP contribution in [0.15, 0.2) is 18.2 Å². The molecule has 0 spiro atoms. The molecule has 0 aromatic heterocycles. The van der Waals surface area contributed by atoms with Gasteiger partial charge in [0, 0.05) is 16.5 Å². The minimum Gasteiger partial charge on any atom is -0.258 e. The van der Waals surface area contributed by atoms with E-state index in [2.05, 4.69) is 12.2 Å². The molecule has 5 heteroatoms. The molecule has 0 N–H and O–H groups in total. The molecule has 0 aliphatic carbocycles. The highest BCUT2D eigenvalue weighted by molar-refractivity contribution is 7.79. The first-order valence-corrected chi connectivity index (χ1v) is 3.89. The number of halogens is 1. The Bertz CT molecular complexity index is 340. The zero-order chi connectivity index (χ0) is 9.14. The minimum absolute atomic E-state index is 0.0191. The SMILES string of the molecule is O=[N+]([O-])c1ccc(Cl)cc1C=S. The van der Waals surface area contributed by atoms with Gasteiger partial charge in [0.05, 0.1) is 10.5 Å². The van der Waals surface area contributed by atoms with Crippen molar-refractivity contribution >= 4 is 34.9 Å². The quantitative estimate of drug-likeness (QED) is 0.420. The van der Waals surface area contributed by atoms with E-state index in [0.29, 0.717) is 10.6 Å². The Kier molecular flexibility index (Phi) is 2.73. The number of hydrogen-bond acceptors (Lipinski definition) is 3. The molecule has 1 aromatic rings. The van der Waals surface area contributed by atoms with Crippen LogP contribution in [-0.4, -0.2) is 10.3 Å². The molecule has 0 saturated heterocycles. The number of rotatable bonds is 2. The zero-order valence-electron chi connectivity index (χ0n) is 5.86. The molecule has 0 radical (unpaired) electrons. The lowest BCUT2D eigenvalue weighted by molar-refractivity contribution is -0.385. The molecule has 1 aromatic carbocycles. The molecule has 0 unspecified atom stereocenters. The minimum atomic E-state index is -0.492. The van der Waals surface area contributed by atoms with E-state index in [4.69, 9.17) is 11.6 Å². The highest BCUT2D eigenvalue weighted by atomic mass is 35.5. The van der Waals surface area contributed by atoms with E-state index in [1.807, 2.05) is 0 Å². The van der Waals surface area contributed by atoms with Gasteiger partial charge in [0.25, 0.3) is 5.69 Å². The Hall–Kier alpha value is -1.00.